The van der Waals surface area contributed by atoms with E-state index in [1.165, 1.54) is 0 Å². The van der Waals surface area contributed by atoms with Gasteiger partial charge in [-0.25, -0.2) is 8.78 Å². The van der Waals surface area contributed by atoms with E-state index < -0.39 is 5.92 Å². The molecule has 1 atom stereocenters. The van der Waals surface area contributed by atoms with Crippen molar-refractivity contribution in [3.8, 4) is 0 Å². The average molecular weight is 225 g/mol. The molecule has 0 radical (unpaired) electrons. The number of hydrogen-bond acceptors (Lipinski definition) is 1. The first kappa shape index (κ1) is 11.5. The zero-order chi connectivity index (χ0) is 11.4. The Morgan fingerprint density at radius 3 is 2.69 bits per heavy atom. The molecule has 1 aliphatic carbocycles. The van der Waals surface area contributed by atoms with Crippen molar-refractivity contribution < 1.29 is 8.78 Å². The average Bonchev–Trinajstić information content (AvgIpc) is 2.27. The Hall–Kier alpha value is -0.960. The van der Waals surface area contributed by atoms with Crippen LogP contribution in [0.1, 0.15) is 31.2 Å². The van der Waals surface area contributed by atoms with Gasteiger partial charge in [-0.15, -0.1) is 0 Å². The van der Waals surface area contributed by atoms with Crippen LogP contribution >= 0.6 is 0 Å². The first-order valence-corrected chi connectivity index (χ1v) is 5.81. The van der Waals surface area contributed by atoms with Gasteiger partial charge in [0.2, 0.25) is 5.92 Å². The van der Waals surface area contributed by atoms with Crippen LogP contribution < -0.4 is 5.32 Å². The minimum absolute atomic E-state index is 0.0141. The summed E-state index contributed by atoms with van der Waals surface area (Å²) in [6, 6.07) is 9.86. The van der Waals surface area contributed by atoms with Gasteiger partial charge in [-0.3, -0.25) is 0 Å². The zero-order valence-corrected chi connectivity index (χ0v) is 9.26. The quantitative estimate of drug-likeness (QED) is 0.831. The molecule has 0 bridgehead atoms. The highest BCUT2D eigenvalue weighted by atomic mass is 19.3. The maximum absolute atomic E-state index is 13.1. The highest BCUT2D eigenvalue weighted by Gasteiger charge is 2.35. The summed E-state index contributed by atoms with van der Waals surface area (Å²) in [6.45, 7) is 0.682. The molecule has 0 amide bonds. The van der Waals surface area contributed by atoms with Crippen LogP contribution in [0, 0.1) is 0 Å². The van der Waals surface area contributed by atoms with Gasteiger partial charge >= 0.3 is 0 Å². The Morgan fingerprint density at radius 1 is 1.25 bits per heavy atom. The number of hydrogen-bond donors (Lipinski definition) is 1. The van der Waals surface area contributed by atoms with Gasteiger partial charge in [0, 0.05) is 25.4 Å². The monoisotopic (exact) mass is 225 g/mol. The minimum atomic E-state index is -2.47. The van der Waals surface area contributed by atoms with Crippen molar-refractivity contribution in [2.45, 2.75) is 44.2 Å². The third-order valence-corrected chi connectivity index (χ3v) is 3.08. The minimum Gasteiger partial charge on any atom is -0.310 e. The SMILES string of the molecule is FC1(F)CCC[C@H](NCc2ccccc2)C1. The fourth-order valence-electron chi connectivity index (χ4n) is 2.20. The van der Waals surface area contributed by atoms with Crippen LogP contribution in [0.3, 0.4) is 0 Å². The zero-order valence-electron chi connectivity index (χ0n) is 9.26. The van der Waals surface area contributed by atoms with Gasteiger partial charge in [-0.1, -0.05) is 30.3 Å². The number of halogens is 2. The summed E-state index contributed by atoms with van der Waals surface area (Å²) in [7, 11) is 0. The van der Waals surface area contributed by atoms with Gasteiger partial charge < -0.3 is 5.32 Å². The first-order valence-electron chi connectivity index (χ1n) is 5.81. The van der Waals surface area contributed by atoms with Crippen molar-refractivity contribution in [1.29, 1.82) is 0 Å². The van der Waals surface area contributed by atoms with Crippen LogP contribution in [0.2, 0.25) is 0 Å². The molecule has 0 aliphatic heterocycles. The molecule has 1 saturated carbocycles. The maximum atomic E-state index is 13.1. The lowest BCUT2D eigenvalue weighted by Crippen LogP contribution is -2.38. The van der Waals surface area contributed by atoms with Gasteiger partial charge in [0.05, 0.1) is 0 Å². The van der Waals surface area contributed by atoms with E-state index in [1.54, 1.807) is 0 Å². The van der Waals surface area contributed by atoms with Crippen molar-refractivity contribution in [2.24, 2.45) is 0 Å². The standard InChI is InChI=1S/C13H17F2N/c14-13(15)8-4-7-12(9-13)16-10-11-5-2-1-3-6-11/h1-3,5-6,12,16H,4,7-10H2/t12-/m0/s1. The summed E-state index contributed by atoms with van der Waals surface area (Å²) in [5.74, 6) is -2.47. The van der Waals surface area contributed by atoms with Crippen LogP contribution in [0.4, 0.5) is 8.78 Å². The third kappa shape index (κ3) is 3.27. The van der Waals surface area contributed by atoms with Crippen LogP contribution in [0.25, 0.3) is 0 Å². The van der Waals surface area contributed by atoms with Gasteiger partial charge in [-0.05, 0) is 18.4 Å². The molecule has 3 heteroatoms. The maximum Gasteiger partial charge on any atom is 0.249 e. The van der Waals surface area contributed by atoms with E-state index in [9.17, 15) is 8.78 Å². The molecule has 0 spiro atoms. The summed E-state index contributed by atoms with van der Waals surface area (Å²) in [5, 5.41) is 3.21. The topological polar surface area (TPSA) is 12.0 Å². The Kier molecular flexibility index (Phi) is 3.54. The molecule has 16 heavy (non-hydrogen) atoms. The van der Waals surface area contributed by atoms with Crippen molar-refractivity contribution in [3.05, 3.63) is 35.9 Å². The Balaban J connectivity index is 1.82. The second kappa shape index (κ2) is 4.91. The fraction of sp³-hybridized carbons (Fsp3) is 0.538. The molecule has 1 aromatic carbocycles. The molecular weight excluding hydrogens is 208 g/mol. The second-order valence-corrected chi connectivity index (χ2v) is 4.52. The molecule has 1 nitrogen and oxygen atoms in total. The van der Waals surface area contributed by atoms with Gasteiger partial charge in [0.15, 0.2) is 0 Å². The number of nitrogens with one attached hydrogen (secondary N) is 1. The smallest absolute Gasteiger partial charge is 0.249 e. The number of alkyl halides is 2. The summed E-state index contributed by atoms with van der Waals surface area (Å²) < 4.78 is 26.3. The van der Waals surface area contributed by atoms with Gasteiger partial charge in [0.1, 0.15) is 0 Å². The van der Waals surface area contributed by atoms with Gasteiger partial charge in [-0.2, -0.15) is 0 Å². The van der Waals surface area contributed by atoms with Crippen LogP contribution in [-0.4, -0.2) is 12.0 Å². The van der Waals surface area contributed by atoms with Crippen LogP contribution in [0.5, 0.6) is 0 Å². The van der Waals surface area contributed by atoms with Crippen molar-refractivity contribution in [1.82, 2.24) is 5.32 Å². The van der Waals surface area contributed by atoms with E-state index in [-0.39, 0.29) is 18.9 Å². The molecule has 0 heterocycles. The van der Waals surface area contributed by atoms with Crippen molar-refractivity contribution >= 4 is 0 Å². The molecule has 0 unspecified atom stereocenters. The molecule has 0 saturated heterocycles. The summed E-state index contributed by atoms with van der Waals surface area (Å²) >= 11 is 0. The van der Waals surface area contributed by atoms with Crippen molar-refractivity contribution in [3.63, 3.8) is 0 Å². The summed E-state index contributed by atoms with van der Waals surface area (Å²) in [6.07, 6.45) is 1.53. The molecule has 0 aromatic heterocycles. The van der Waals surface area contributed by atoms with Crippen LogP contribution in [-0.2, 0) is 6.54 Å². The molecule has 1 aliphatic rings. The lowest BCUT2D eigenvalue weighted by Gasteiger charge is -2.29. The van der Waals surface area contributed by atoms with Crippen molar-refractivity contribution in [2.75, 3.05) is 0 Å². The Bertz CT molecular complexity index is 324. The normalized spacial score (nSPS) is 24.2. The van der Waals surface area contributed by atoms with E-state index in [0.717, 1.165) is 12.0 Å². The predicted molar refractivity (Wildman–Crippen MR) is 60.5 cm³/mol. The predicted octanol–water partition coefficient (Wildman–Crippen LogP) is 3.35. The fourth-order valence-corrected chi connectivity index (χ4v) is 2.20. The summed E-state index contributed by atoms with van der Waals surface area (Å²) in [4.78, 5) is 0. The number of rotatable bonds is 3. The van der Waals surface area contributed by atoms with E-state index in [0.29, 0.717) is 13.0 Å². The molecule has 1 aromatic rings. The first-order chi connectivity index (χ1) is 7.66. The lowest BCUT2D eigenvalue weighted by atomic mass is 9.92. The Labute approximate surface area is 94.9 Å². The highest BCUT2D eigenvalue weighted by molar-refractivity contribution is 5.14. The van der Waals surface area contributed by atoms with E-state index in [4.69, 9.17) is 0 Å². The lowest BCUT2D eigenvalue weighted by molar-refractivity contribution is -0.0442. The third-order valence-electron chi connectivity index (χ3n) is 3.08. The number of benzene rings is 1. The molecule has 88 valence electrons. The second-order valence-electron chi connectivity index (χ2n) is 4.52. The van der Waals surface area contributed by atoms with Crippen LogP contribution in [0.15, 0.2) is 30.3 Å². The molecule has 1 N–H and O–H groups in total. The highest BCUT2D eigenvalue weighted by Crippen LogP contribution is 2.33. The molecular formula is C13H17F2N. The largest absolute Gasteiger partial charge is 0.310 e. The molecule has 1 fully saturated rings. The van der Waals surface area contributed by atoms with E-state index in [1.807, 2.05) is 30.3 Å². The Morgan fingerprint density at radius 2 is 2.00 bits per heavy atom. The molecule has 2 rings (SSSR count). The van der Waals surface area contributed by atoms with Gasteiger partial charge in [0.25, 0.3) is 0 Å². The summed E-state index contributed by atoms with van der Waals surface area (Å²) in [5.41, 5.74) is 1.15. The van der Waals surface area contributed by atoms with E-state index >= 15 is 0 Å². The van der Waals surface area contributed by atoms with E-state index in [2.05, 4.69) is 5.32 Å².